The molecule has 0 bridgehead atoms. The maximum absolute atomic E-state index is 2.28. The molecule has 0 heteroatoms. The maximum atomic E-state index is 2.28. The van der Waals surface area contributed by atoms with Crippen molar-refractivity contribution in [1.82, 2.24) is 0 Å². The zero-order chi connectivity index (χ0) is 26.5. The molecular formula is C40H26. The predicted octanol–water partition coefficient (Wildman–Crippen LogP) is 11.2. The van der Waals surface area contributed by atoms with E-state index in [4.69, 9.17) is 0 Å². The van der Waals surface area contributed by atoms with Crippen LogP contribution in [0.5, 0.6) is 0 Å². The van der Waals surface area contributed by atoms with Gasteiger partial charge in [-0.2, -0.15) is 0 Å². The summed E-state index contributed by atoms with van der Waals surface area (Å²) in [6.45, 7) is 0. The van der Waals surface area contributed by atoms with Crippen molar-refractivity contribution in [3.63, 3.8) is 0 Å². The zero-order valence-corrected chi connectivity index (χ0v) is 22.0. The van der Waals surface area contributed by atoms with E-state index in [1.807, 2.05) is 0 Å². The Labute approximate surface area is 233 Å². The first-order valence-electron chi connectivity index (χ1n) is 13.9. The van der Waals surface area contributed by atoms with Crippen molar-refractivity contribution in [2.45, 2.75) is 0 Å². The van der Waals surface area contributed by atoms with E-state index >= 15 is 0 Å². The third-order valence-corrected chi connectivity index (χ3v) is 8.21. The van der Waals surface area contributed by atoms with E-state index in [9.17, 15) is 0 Å². The fourth-order valence-corrected chi connectivity index (χ4v) is 6.22. The van der Waals surface area contributed by atoms with Crippen LogP contribution in [0.25, 0.3) is 78.2 Å². The smallest absolute Gasteiger partial charge is 0.00208 e. The van der Waals surface area contributed by atoms with E-state index in [0.29, 0.717) is 0 Å². The Morgan fingerprint density at radius 1 is 0.325 bits per heavy atom. The SMILES string of the molecule is C(=C\c1c2ccccc2cc2ccccc12)/c1ccc(/C=C/c2ccc3ccc4cccc5ccc2c3c45)cc1. The maximum Gasteiger partial charge on any atom is -0.00208 e. The van der Waals surface area contributed by atoms with Crippen LogP contribution in [0.2, 0.25) is 0 Å². The molecule has 0 aromatic heterocycles. The number of hydrogen-bond donors (Lipinski definition) is 0. The fourth-order valence-electron chi connectivity index (χ4n) is 6.22. The second-order valence-corrected chi connectivity index (χ2v) is 10.6. The Hall–Kier alpha value is -5.20. The van der Waals surface area contributed by atoms with Crippen molar-refractivity contribution in [2.24, 2.45) is 0 Å². The largest absolute Gasteiger partial charge is 0.0616 e. The lowest BCUT2D eigenvalue weighted by Crippen LogP contribution is -1.86. The van der Waals surface area contributed by atoms with Gasteiger partial charge in [0, 0.05) is 0 Å². The molecule has 40 heavy (non-hydrogen) atoms. The standard InChI is InChI=1S/C40H26/c1-3-10-35-33(6-1)26-34-7-2-4-11-36(34)38(35)24-17-28-14-12-27(13-15-28)16-18-29-19-20-32-22-21-30-8-5-9-31-23-25-37(29)40(32)39(30)31/h1-26H/b18-16+,24-17+. The zero-order valence-electron chi connectivity index (χ0n) is 22.0. The van der Waals surface area contributed by atoms with Gasteiger partial charge in [0.15, 0.2) is 0 Å². The molecule has 8 aromatic carbocycles. The molecule has 0 fully saturated rings. The molecule has 0 saturated carbocycles. The highest BCUT2D eigenvalue weighted by Crippen LogP contribution is 2.36. The summed E-state index contributed by atoms with van der Waals surface area (Å²) in [6.07, 6.45) is 8.96. The Bertz CT molecular complexity index is 2170. The van der Waals surface area contributed by atoms with Gasteiger partial charge in [0.25, 0.3) is 0 Å². The van der Waals surface area contributed by atoms with Crippen molar-refractivity contribution < 1.29 is 0 Å². The number of rotatable bonds is 4. The van der Waals surface area contributed by atoms with E-state index in [0.717, 1.165) is 0 Å². The molecule has 0 nitrogen and oxygen atoms in total. The van der Waals surface area contributed by atoms with Gasteiger partial charge in [0.2, 0.25) is 0 Å². The Kier molecular flexibility index (Phi) is 5.24. The topological polar surface area (TPSA) is 0 Å². The van der Waals surface area contributed by atoms with Gasteiger partial charge in [-0.1, -0.05) is 152 Å². The summed E-state index contributed by atoms with van der Waals surface area (Å²) in [7, 11) is 0. The Balaban J connectivity index is 1.12. The second kappa shape index (κ2) is 9.22. The number of fused-ring (bicyclic) bond motifs is 2. The molecule has 0 unspecified atom stereocenters. The van der Waals surface area contributed by atoms with Crippen LogP contribution in [0.3, 0.4) is 0 Å². The van der Waals surface area contributed by atoms with Crippen molar-refractivity contribution >= 4 is 78.2 Å². The first-order valence-corrected chi connectivity index (χ1v) is 13.9. The average Bonchev–Trinajstić information content (AvgIpc) is 3.01. The van der Waals surface area contributed by atoms with E-state index in [2.05, 4.69) is 158 Å². The molecule has 0 N–H and O–H groups in total. The van der Waals surface area contributed by atoms with Crippen LogP contribution in [0.1, 0.15) is 22.3 Å². The van der Waals surface area contributed by atoms with Crippen molar-refractivity contribution in [2.75, 3.05) is 0 Å². The fraction of sp³-hybridized carbons (Fsp3) is 0. The number of benzene rings is 8. The summed E-state index contributed by atoms with van der Waals surface area (Å²) in [4.78, 5) is 0. The monoisotopic (exact) mass is 506 g/mol. The average molecular weight is 507 g/mol. The minimum Gasteiger partial charge on any atom is -0.0616 e. The molecule has 0 heterocycles. The van der Waals surface area contributed by atoms with Gasteiger partial charge in [-0.05, 0) is 82.2 Å². The highest BCUT2D eigenvalue weighted by molar-refractivity contribution is 6.24. The van der Waals surface area contributed by atoms with Crippen LogP contribution < -0.4 is 0 Å². The van der Waals surface area contributed by atoms with Gasteiger partial charge < -0.3 is 0 Å². The summed E-state index contributed by atoms with van der Waals surface area (Å²) < 4.78 is 0. The van der Waals surface area contributed by atoms with Crippen LogP contribution in [0, 0.1) is 0 Å². The summed E-state index contributed by atoms with van der Waals surface area (Å²) in [6, 6.07) is 48.4. The van der Waals surface area contributed by atoms with Gasteiger partial charge in [-0.15, -0.1) is 0 Å². The lowest BCUT2D eigenvalue weighted by atomic mass is 9.92. The molecular weight excluding hydrogens is 480 g/mol. The van der Waals surface area contributed by atoms with Gasteiger partial charge in [-0.25, -0.2) is 0 Å². The lowest BCUT2D eigenvalue weighted by molar-refractivity contribution is 1.62. The van der Waals surface area contributed by atoms with E-state index in [1.54, 1.807) is 0 Å². The summed E-state index contributed by atoms with van der Waals surface area (Å²) in [5.41, 5.74) is 4.90. The lowest BCUT2D eigenvalue weighted by Gasteiger charge is -2.12. The highest BCUT2D eigenvalue weighted by Gasteiger charge is 2.09. The summed E-state index contributed by atoms with van der Waals surface area (Å²) >= 11 is 0. The van der Waals surface area contributed by atoms with E-state index in [-0.39, 0.29) is 0 Å². The first-order chi connectivity index (χ1) is 19.8. The Morgan fingerprint density at radius 3 is 1.52 bits per heavy atom. The van der Waals surface area contributed by atoms with Crippen LogP contribution >= 0.6 is 0 Å². The van der Waals surface area contributed by atoms with Gasteiger partial charge in [-0.3, -0.25) is 0 Å². The molecule has 0 atom stereocenters. The molecule has 0 aliphatic rings. The van der Waals surface area contributed by atoms with Crippen molar-refractivity contribution in [3.05, 3.63) is 156 Å². The molecule has 0 spiro atoms. The third-order valence-electron chi connectivity index (χ3n) is 8.21. The van der Waals surface area contributed by atoms with E-state index in [1.165, 1.54) is 76.1 Å². The molecule has 0 radical (unpaired) electrons. The molecule has 0 saturated heterocycles. The Morgan fingerprint density at radius 2 is 0.850 bits per heavy atom. The quantitative estimate of drug-likeness (QED) is 0.126. The second-order valence-electron chi connectivity index (χ2n) is 10.6. The van der Waals surface area contributed by atoms with Gasteiger partial charge in [0.1, 0.15) is 0 Å². The minimum atomic E-state index is 1.19. The molecule has 8 rings (SSSR count). The molecule has 0 amide bonds. The first kappa shape index (κ1) is 22.8. The van der Waals surface area contributed by atoms with Crippen LogP contribution in [-0.2, 0) is 0 Å². The van der Waals surface area contributed by atoms with Crippen LogP contribution in [-0.4, -0.2) is 0 Å². The molecule has 0 aliphatic heterocycles. The third kappa shape index (κ3) is 3.77. The minimum absolute atomic E-state index is 1.19. The van der Waals surface area contributed by atoms with Crippen LogP contribution in [0.4, 0.5) is 0 Å². The predicted molar refractivity (Wildman–Crippen MR) is 176 cm³/mol. The van der Waals surface area contributed by atoms with E-state index < -0.39 is 0 Å². The van der Waals surface area contributed by atoms with Crippen molar-refractivity contribution in [1.29, 1.82) is 0 Å². The molecule has 0 aliphatic carbocycles. The molecule has 186 valence electrons. The van der Waals surface area contributed by atoms with Gasteiger partial charge in [0.05, 0.1) is 0 Å². The normalized spacial score (nSPS) is 12.3. The summed E-state index contributed by atoms with van der Waals surface area (Å²) in [5, 5.41) is 13.0. The summed E-state index contributed by atoms with van der Waals surface area (Å²) in [5.74, 6) is 0. The van der Waals surface area contributed by atoms with Gasteiger partial charge >= 0.3 is 0 Å². The number of hydrogen-bond acceptors (Lipinski definition) is 0. The molecule has 8 aromatic rings. The highest BCUT2D eigenvalue weighted by atomic mass is 14.1. The van der Waals surface area contributed by atoms with Crippen molar-refractivity contribution in [3.8, 4) is 0 Å². The van der Waals surface area contributed by atoms with Crippen LogP contribution in [0.15, 0.2) is 133 Å².